The lowest BCUT2D eigenvalue weighted by Gasteiger charge is -2.15. The van der Waals surface area contributed by atoms with Gasteiger partial charge in [0.25, 0.3) is 0 Å². The highest BCUT2D eigenvalue weighted by Crippen LogP contribution is 2.18. The first-order chi connectivity index (χ1) is 9.24. The number of rotatable bonds is 4. The maximum Gasteiger partial charge on any atom is 0.140 e. The van der Waals surface area contributed by atoms with E-state index in [2.05, 4.69) is 11.4 Å². The second-order valence-electron chi connectivity index (χ2n) is 4.46. The van der Waals surface area contributed by atoms with Gasteiger partial charge in [-0.2, -0.15) is 10.5 Å². The number of nitriles is 2. The Kier molecular flexibility index (Phi) is 4.46. The summed E-state index contributed by atoms with van der Waals surface area (Å²) in [4.78, 5) is 0. The molecule has 2 atom stereocenters. The van der Waals surface area contributed by atoms with Crippen molar-refractivity contribution in [1.29, 1.82) is 10.5 Å². The lowest BCUT2D eigenvalue weighted by atomic mass is 10.0. The quantitative estimate of drug-likeness (QED) is 0.898. The van der Waals surface area contributed by atoms with Crippen LogP contribution in [0.15, 0.2) is 18.2 Å². The lowest BCUT2D eigenvalue weighted by Crippen LogP contribution is -2.29. The monoisotopic (exact) mass is 259 g/mol. The van der Waals surface area contributed by atoms with E-state index >= 15 is 0 Å². The van der Waals surface area contributed by atoms with Crippen molar-refractivity contribution in [2.45, 2.75) is 25.0 Å². The molecular weight excluding hydrogens is 245 g/mol. The Morgan fingerprint density at radius 3 is 2.95 bits per heavy atom. The van der Waals surface area contributed by atoms with E-state index in [1.165, 1.54) is 18.2 Å². The standard InChI is InChI=1S/C14H14FN3O/c15-13-4-3-10(6-11(13)7-16)14(8-17)18-9-12-2-1-5-19-12/h3-4,6,12,14,18H,1-2,5,9H2. The third kappa shape index (κ3) is 3.29. The normalized spacial score (nSPS) is 19.6. The summed E-state index contributed by atoms with van der Waals surface area (Å²) in [7, 11) is 0. The first-order valence-corrected chi connectivity index (χ1v) is 6.18. The van der Waals surface area contributed by atoms with Crippen LogP contribution >= 0.6 is 0 Å². The van der Waals surface area contributed by atoms with Gasteiger partial charge in [-0.1, -0.05) is 6.07 Å². The van der Waals surface area contributed by atoms with Crippen molar-refractivity contribution in [2.24, 2.45) is 0 Å². The summed E-state index contributed by atoms with van der Waals surface area (Å²) in [5.74, 6) is -0.568. The summed E-state index contributed by atoms with van der Waals surface area (Å²) in [6.45, 7) is 1.34. The van der Waals surface area contributed by atoms with Crippen LogP contribution < -0.4 is 5.32 Å². The SMILES string of the molecule is N#Cc1cc(C(C#N)NCC2CCCO2)ccc1F. The minimum atomic E-state index is -0.568. The zero-order chi connectivity index (χ0) is 13.7. The van der Waals surface area contributed by atoms with Crippen LogP contribution in [0.4, 0.5) is 4.39 Å². The van der Waals surface area contributed by atoms with E-state index in [0.29, 0.717) is 12.1 Å². The van der Waals surface area contributed by atoms with Gasteiger partial charge >= 0.3 is 0 Å². The van der Waals surface area contributed by atoms with E-state index in [4.69, 9.17) is 15.3 Å². The van der Waals surface area contributed by atoms with Crippen molar-refractivity contribution in [3.63, 3.8) is 0 Å². The third-order valence-electron chi connectivity index (χ3n) is 3.15. The van der Waals surface area contributed by atoms with Crippen LogP contribution in [0.5, 0.6) is 0 Å². The Morgan fingerprint density at radius 1 is 1.47 bits per heavy atom. The molecule has 1 aromatic carbocycles. The second-order valence-corrected chi connectivity index (χ2v) is 4.46. The molecule has 0 radical (unpaired) electrons. The van der Waals surface area contributed by atoms with Crippen molar-refractivity contribution >= 4 is 0 Å². The second kappa shape index (κ2) is 6.29. The fourth-order valence-corrected chi connectivity index (χ4v) is 2.10. The molecule has 1 aliphatic rings. The molecule has 1 aromatic rings. The van der Waals surface area contributed by atoms with Gasteiger partial charge in [-0.3, -0.25) is 5.32 Å². The molecule has 1 N–H and O–H groups in total. The first-order valence-electron chi connectivity index (χ1n) is 6.18. The molecule has 2 rings (SSSR count). The van der Waals surface area contributed by atoms with Crippen molar-refractivity contribution in [1.82, 2.24) is 5.32 Å². The molecule has 19 heavy (non-hydrogen) atoms. The number of ether oxygens (including phenoxy) is 1. The molecule has 0 bridgehead atoms. The van der Waals surface area contributed by atoms with Crippen molar-refractivity contribution < 1.29 is 9.13 Å². The molecule has 0 saturated carbocycles. The summed E-state index contributed by atoms with van der Waals surface area (Å²) in [6.07, 6.45) is 2.16. The van der Waals surface area contributed by atoms with Crippen LogP contribution in [0.25, 0.3) is 0 Å². The summed E-state index contributed by atoms with van der Waals surface area (Å²) in [6, 6.07) is 7.47. The van der Waals surface area contributed by atoms with Crippen LogP contribution in [0.3, 0.4) is 0 Å². The van der Waals surface area contributed by atoms with Gasteiger partial charge in [0.15, 0.2) is 0 Å². The van der Waals surface area contributed by atoms with Crippen molar-refractivity contribution in [3.05, 3.63) is 35.1 Å². The zero-order valence-electron chi connectivity index (χ0n) is 10.4. The van der Waals surface area contributed by atoms with E-state index in [-0.39, 0.29) is 11.7 Å². The van der Waals surface area contributed by atoms with Crippen LogP contribution in [0, 0.1) is 28.5 Å². The Morgan fingerprint density at radius 2 is 2.32 bits per heavy atom. The summed E-state index contributed by atoms with van der Waals surface area (Å²) < 4.78 is 18.7. The fraction of sp³-hybridized carbons (Fsp3) is 0.429. The molecule has 5 heteroatoms. The summed E-state index contributed by atoms with van der Waals surface area (Å²) in [5, 5.41) is 21.0. The average molecular weight is 259 g/mol. The van der Waals surface area contributed by atoms with E-state index in [9.17, 15) is 4.39 Å². The highest BCUT2D eigenvalue weighted by atomic mass is 19.1. The number of halogens is 1. The van der Waals surface area contributed by atoms with Crippen LogP contribution in [-0.2, 0) is 4.74 Å². The highest BCUT2D eigenvalue weighted by molar-refractivity contribution is 5.37. The summed E-state index contributed by atoms with van der Waals surface area (Å²) >= 11 is 0. The fourth-order valence-electron chi connectivity index (χ4n) is 2.10. The van der Waals surface area contributed by atoms with E-state index in [1.54, 1.807) is 6.07 Å². The van der Waals surface area contributed by atoms with Gasteiger partial charge in [-0.15, -0.1) is 0 Å². The van der Waals surface area contributed by atoms with Gasteiger partial charge in [-0.05, 0) is 30.5 Å². The smallest absolute Gasteiger partial charge is 0.140 e. The maximum atomic E-state index is 13.2. The van der Waals surface area contributed by atoms with Gasteiger partial charge in [0.1, 0.15) is 17.9 Å². The molecule has 1 heterocycles. The topological polar surface area (TPSA) is 68.8 Å². The number of hydrogen-bond donors (Lipinski definition) is 1. The molecule has 4 nitrogen and oxygen atoms in total. The Balaban J connectivity index is 2.05. The Bertz CT molecular complexity index is 526. The van der Waals surface area contributed by atoms with Gasteiger partial charge in [0, 0.05) is 13.2 Å². The molecular formula is C14H14FN3O. The van der Waals surface area contributed by atoms with Crippen LogP contribution in [0.2, 0.25) is 0 Å². The van der Waals surface area contributed by atoms with Gasteiger partial charge in [-0.25, -0.2) is 4.39 Å². The van der Waals surface area contributed by atoms with E-state index in [1.807, 2.05) is 0 Å². The molecule has 1 fully saturated rings. The molecule has 1 saturated heterocycles. The number of benzene rings is 1. The minimum absolute atomic E-state index is 0.0448. The van der Waals surface area contributed by atoms with Gasteiger partial charge in [0.05, 0.1) is 17.7 Å². The van der Waals surface area contributed by atoms with Crippen LogP contribution in [0.1, 0.15) is 30.0 Å². The molecule has 1 aliphatic heterocycles. The first kappa shape index (κ1) is 13.5. The van der Waals surface area contributed by atoms with E-state index < -0.39 is 11.9 Å². The molecule has 2 unspecified atom stereocenters. The van der Waals surface area contributed by atoms with E-state index in [0.717, 1.165) is 19.4 Å². The zero-order valence-corrected chi connectivity index (χ0v) is 10.4. The minimum Gasteiger partial charge on any atom is -0.377 e. The van der Waals surface area contributed by atoms with Crippen LogP contribution in [-0.4, -0.2) is 19.3 Å². The van der Waals surface area contributed by atoms with Gasteiger partial charge in [0.2, 0.25) is 0 Å². The highest BCUT2D eigenvalue weighted by Gasteiger charge is 2.18. The van der Waals surface area contributed by atoms with Crippen molar-refractivity contribution in [2.75, 3.05) is 13.2 Å². The number of nitrogens with zero attached hydrogens (tertiary/aromatic N) is 2. The maximum absolute atomic E-state index is 13.2. The predicted molar refractivity (Wildman–Crippen MR) is 66.4 cm³/mol. The summed E-state index contributed by atoms with van der Waals surface area (Å²) in [5.41, 5.74) is 0.551. The molecule has 98 valence electrons. The molecule has 0 aromatic heterocycles. The molecule has 0 amide bonds. The average Bonchev–Trinajstić information content (AvgIpc) is 2.94. The Labute approximate surface area is 111 Å². The third-order valence-corrected chi connectivity index (χ3v) is 3.15. The largest absolute Gasteiger partial charge is 0.377 e. The Hall–Kier alpha value is -1.95. The molecule has 0 spiro atoms. The van der Waals surface area contributed by atoms with Gasteiger partial charge < -0.3 is 4.74 Å². The lowest BCUT2D eigenvalue weighted by molar-refractivity contribution is 0.109. The van der Waals surface area contributed by atoms with Crippen molar-refractivity contribution in [3.8, 4) is 12.1 Å². The number of hydrogen-bond acceptors (Lipinski definition) is 4. The predicted octanol–water partition coefficient (Wildman–Crippen LogP) is 2.03. The molecule has 0 aliphatic carbocycles. The number of nitrogens with one attached hydrogen (secondary N) is 1.